The molecule has 1 unspecified atom stereocenters. The molecule has 1 aliphatic heterocycles. The molecule has 1 aliphatic carbocycles. The lowest BCUT2D eigenvalue weighted by molar-refractivity contribution is 0.431. The summed E-state index contributed by atoms with van der Waals surface area (Å²) in [5, 5.41) is 3.38. The maximum absolute atomic E-state index is 4.91. The van der Waals surface area contributed by atoms with Gasteiger partial charge in [0.25, 0.3) is 0 Å². The Hall–Kier alpha value is -1.32. The first-order valence-corrected chi connectivity index (χ1v) is 8.71. The van der Waals surface area contributed by atoms with Gasteiger partial charge in [0.15, 0.2) is 0 Å². The van der Waals surface area contributed by atoms with E-state index in [4.69, 9.17) is 9.97 Å². The third kappa shape index (κ3) is 3.47. The summed E-state index contributed by atoms with van der Waals surface area (Å²) in [5.74, 6) is 3.83. The fraction of sp³-hybridized carbons (Fsp3) is 0.765. The summed E-state index contributed by atoms with van der Waals surface area (Å²) in [4.78, 5) is 12.2. The van der Waals surface area contributed by atoms with Gasteiger partial charge in [0.05, 0.1) is 0 Å². The molecule has 1 aromatic heterocycles. The third-order valence-electron chi connectivity index (χ3n) is 4.57. The highest BCUT2D eigenvalue weighted by molar-refractivity contribution is 5.51. The van der Waals surface area contributed by atoms with Crippen LogP contribution in [0.15, 0.2) is 6.07 Å². The topological polar surface area (TPSA) is 41.0 Å². The molecule has 4 nitrogen and oxygen atoms in total. The van der Waals surface area contributed by atoms with E-state index in [2.05, 4.69) is 30.1 Å². The van der Waals surface area contributed by atoms with Crippen molar-refractivity contribution in [3.05, 3.63) is 11.9 Å². The minimum absolute atomic E-state index is 0.608. The first-order chi connectivity index (χ1) is 10.3. The number of piperidine rings is 1. The number of anilines is 2. The van der Waals surface area contributed by atoms with Crippen LogP contribution in [0.3, 0.4) is 0 Å². The van der Waals surface area contributed by atoms with E-state index in [1.54, 1.807) is 0 Å². The van der Waals surface area contributed by atoms with Gasteiger partial charge >= 0.3 is 0 Å². The van der Waals surface area contributed by atoms with Crippen molar-refractivity contribution in [2.24, 2.45) is 0 Å². The van der Waals surface area contributed by atoms with Crippen molar-refractivity contribution in [1.29, 1.82) is 0 Å². The Morgan fingerprint density at radius 3 is 2.76 bits per heavy atom. The van der Waals surface area contributed by atoms with E-state index in [1.807, 2.05) is 0 Å². The van der Waals surface area contributed by atoms with Crippen LogP contribution in [0.2, 0.25) is 0 Å². The summed E-state index contributed by atoms with van der Waals surface area (Å²) in [6.45, 7) is 6.47. The van der Waals surface area contributed by atoms with Crippen LogP contribution < -0.4 is 10.2 Å². The van der Waals surface area contributed by atoms with E-state index in [0.717, 1.165) is 30.5 Å². The average Bonchev–Trinajstić information content (AvgIpc) is 3.33. The van der Waals surface area contributed by atoms with Gasteiger partial charge in [-0.25, -0.2) is 9.97 Å². The van der Waals surface area contributed by atoms with Crippen LogP contribution in [0.1, 0.15) is 70.5 Å². The molecule has 0 aromatic carbocycles. The van der Waals surface area contributed by atoms with Crippen molar-refractivity contribution in [1.82, 2.24) is 9.97 Å². The summed E-state index contributed by atoms with van der Waals surface area (Å²) in [7, 11) is 0. The lowest BCUT2D eigenvalue weighted by Gasteiger charge is -2.37. The van der Waals surface area contributed by atoms with E-state index in [9.17, 15) is 0 Å². The zero-order valence-corrected chi connectivity index (χ0v) is 13.4. The molecule has 116 valence electrons. The molecule has 0 amide bonds. The Morgan fingerprint density at radius 2 is 2.05 bits per heavy atom. The number of nitrogens with one attached hydrogen (secondary N) is 1. The van der Waals surface area contributed by atoms with Crippen LogP contribution in [0.5, 0.6) is 0 Å². The first kappa shape index (κ1) is 14.6. The first-order valence-electron chi connectivity index (χ1n) is 8.71. The lowest BCUT2D eigenvalue weighted by Crippen LogP contribution is -2.40. The monoisotopic (exact) mass is 288 g/mol. The zero-order chi connectivity index (χ0) is 14.7. The van der Waals surface area contributed by atoms with Crippen molar-refractivity contribution < 1.29 is 0 Å². The highest BCUT2D eigenvalue weighted by Crippen LogP contribution is 2.39. The smallest absolute Gasteiger partial charge is 0.136 e. The molecule has 1 aromatic rings. The standard InChI is InChI=1S/C17H28N4/c1-3-7-14-8-5-6-11-21(14)16-12-15(18-4-2)19-17(20-16)13-9-10-13/h12-14H,3-11H2,1-2H3,(H,18,19,20). The summed E-state index contributed by atoms with van der Waals surface area (Å²) < 4.78 is 0. The Balaban J connectivity index is 1.87. The second kappa shape index (κ2) is 6.63. The van der Waals surface area contributed by atoms with Gasteiger partial charge in [0, 0.05) is 31.1 Å². The maximum Gasteiger partial charge on any atom is 0.136 e. The van der Waals surface area contributed by atoms with Crippen LogP contribution in [0, 0.1) is 0 Å². The van der Waals surface area contributed by atoms with Crippen LogP contribution in [0.25, 0.3) is 0 Å². The molecule has 2 fully saturated rings. The van der Waals surface area contributed by atoms with Crippen LogP contribution in [0.4, 0.5) is 11.6 Å². The van der Waals surface area contributed by atoms with Gasteiger partial charge in [-0.15, -0.1) is 0 Å². The number of nitrogens with zero attached hydrogens (tertiary/aromatic N) is 3. The summed E-state index contributed by atoms with van der Waals surface area (Å²) in [6.07, 6.45) is 9.01. The van der Waals surface area contributed by atoms with Crippen LogP contribution >= 0.6 is 0 Å². The highest BCUT2D eigenvalue weighted by Gasteiger charge is 2.29. The molecule has 21 heavy (non-hydrogen) atoms. The fourth-order valence-corrected chi connectivity index (χ4v) is 3.33. The van der Waals surface area contributed by atoms with Gasteiger partial charge in [-0.2, -0.15) is 0 Å². The third-order valence-corrected chi connectivity index (χ3v) is 4.57. The van der Waals surface area contributed by atoms with Gasteiger partial charge in [-0.1, -0.05) is 13.3 Å². The zero-order valence-electron chi connectivity index (χ0n) is 13.4. The Morgan fingerprint density at radius 1 is 1.19 bits per heavy atom. The van der Waals surface area contributed by atoms with Gasteiger partial charge in [0.1, 0.15) is 17.5 Å². The Kier molecular flexibility index (Phi) is 4.61. The molecule has 1 N–H and O–H groups in total. The van der Waals surface area contributed by atoms with E-state index < -0.39 is 0 Å². The molecule has 0 bridgehead atoms. The minimum atomic E-state index is 0.608. The van der Waals surface area contributed by atoms with E-state index in [1.165, 1.54) is 44.9 Å². The van der Waals surface area contributed by atoms with Gasteiger partial charge in [-0.05, 0) is 45.4 Å². The largest absolute Gasteiger partial charge is 0.370 e. The number of hydrogen-bond acceptors (Lipinski definition) is 4. The molecule has 3 rings (SSSR count). The van der Waals surface area contributed by atoms with Crippen LogP contribution in [-0.2, 0) is 0 Å². The molecular weight excluding hydrogens is 260 g/mol. The molecule has 0 radical (unpaired) electrons. The SMILES string of the molecule is CCCC1CCCCN1c1cc(NCC)nc(C2CC2)n1. The van der Waals surface area contributed by atoms with Crippen molar-refractivity contribution in [2.75, 3.05) is 23.3 Å². The quantitative estimate of drug-likeness (QED) is 0.860. The summed E-state index contributed by atoms with van der Waals surface area (Å²) in [6, 6.07) is 2.82. The predicted octanol–water partition coefficient (Wildman–Crippen LogP) is 3.94. The predicted molar refractivity (Wildman–Crippen MR) is 88.1 cm³/mol. The van der Waals surface area contributed by atoms with Crippen molar-refractivity contribution >= 4 is 11.6 Å². The number of rotatable bonds is 6. The summed E-state index contributed by atoms with van der Waals surface area (Å²) in [5.41, 5.74) is 0. The van der Waals surface area contributed by atoms with E-state index in [0.29, 0.717) is 12.0 Å². The molecule has 0 spiro atoms. The molecule has 2 aliphatic rings. The van der Waals surface area contributed by atoms with E-state index in [-0.39, 0.29) is 0 Å². The molecule has 1 saturated carbocycles. The van der Waals surface area contributed by atoms with Gasteiger partial charge in [0.2, 0.25) is 0 Å². The number of hydrogen-bond donors (Lipinski definition) is 1. The highest BCUT2D eigenvalue weighted by atomic mass is 15.2. The number of aromatic nitrogens is 2. The van der Waals surface area contributed by atoms with Crippen molar-refractivity contribution in [3.63, 3.8) is 0 Å². The second-order valence-electron chi connectivity index (χ2n) is 6.41. The molecule has 1 atom stereocenters. The van der Waals surface area contributed by atoms with Gasteiger partial charge < -0.3 is 10.2 Å². The Labute approximate surface area is 128 Å². The Bertz CT molecular complexity index is 468. The maximum atomic E-state index is 4.91. The average molecular weight is 288 g/mol. The van der Waals surface area contributed by atoms with Crippen molar-refractivity contribution in [3.8, 4) is 0 Å². The van der Waals surface area contributed by atoms with Crippen molar-refractivity contribution in [2.45, 2.75) is 70.8 Å². The molecule has 4 heteroatoms. The lowest BCUT2D eigenvalue weighted by atomic mass is 9.98. The van der Waals surface area contributed by atoms with E-state index >= 15 is 0 Å². The molecular formula is C17H28N4. The normalized spacial score (nSPS) is 22.4. The van der Waals surface area contributed by atoms with Crippen LogP contribution in [-0.4, -0.2) is 29.1 Å². The summed E-state index contributed by atoms with van der Waals surface area (Å²) >= 11 is 0. The van der Waals surface area contributed by atoms with Gasteiger partial charge in [-0.3, -0.25) is 0 Å². The fourth-order valence-electron chi connectivity index (χ4n) is 3.33. The molecule has 1 saturated heterocycles. The molecule has 2 heterocycles. The minimum Gasteiger partial charge on any atom is -0.370 e. The second-order valence-corrected chi connectivity index (χ2v) is 6.41.